The molecular weight excluding hydrogens is 246 g/mol. The van der Waals surface area contributed by atoms with Crippen molar-refractivity contribution in [2.24, 2.45) is 0 Å². The summed E-state index contributed by atoms with van der Waals surface area (Å²) in [5.74, 6) is 0. The number of hydrogen-bond donors (Lipinski definition) is 1. The van der Waals surface area contributed by atoms with E-state index in [1.807, 2.05) is 58.0 Å². The zero-order valence-corrected chi connectivity index (χ0v) is 12.2. The van der Waals surface area contributed by atoms with E-state index in [1.54, 1.807) is 11.8 Å². The molecule has 0 saturated carbocycles. The van der Waals surface area contributed by atoms with Gasteiger partial charge in [-0.15, -0.1) is 11.8 Å². The molecule has 0 fully saturated rings. The van der Waals surface area contributed by atoms with Gasteiger partial charge in [0, 0.05) is 4.90 Å². The van der Waals surface area contributed by atoms with Crippen LogP contribution in [-0.2, 0) is 4.74 Å². The quantitative estimate of drug-likeness (QED) is 0.661. The molecule has 0 spiro atoms. The van der Waals surface area contributed by atoms with Gasteiger partial charge < -0.3 is 10.1 Å². The molecule has 0 bridgehead atoms. The molecule has 1 rings (SSSR count). The minimum atomic E-state index is -0.459. The molecule has 1 aromatic carbocycles. The van der Waals surface area contributed by atoms with E-state index in [0.29, 0.717) is 0 Å². The molecule has 1 atom stereocenters. The second-order valence-corrected chi connectivity index (χ2v) is 6.25. The molecule has 0 unspecified atom stereocenters. The predicted octanol–water partition coefficient (Wildman–Crippen LogP) is 4.04. The van der Waals surface area contributed by atoms with E-state index < -0.39 is 5.60 Å². The molecule has 18 heavy (non-hydrogen) atoms. The number of rotatable bonds is 4. The van der Waals surface area contributed by atoms with E-state index >= 15 is 0 Å². The molecule has 4 heteroatoms. The van der Waals surface area contributed by atoms with Gasteiger partial charge in [-0.2, -0.15) is 0 Å². The first kappa shape index (κ1) is 14.9. The molecule has 0 saturated heterocycles. The van der Waals surface area contributed by atoms with Crippen molar-refractivity contribution in [1.82, 2.24) is 5.32 Å². The number of thioether (sulfide) groups is 1. The highest BCUT2D eigenvalue weighted by molar-refractivity contribution is 7.99. The van der Waals surface area contributed by atoms with Crippen molar-refractivity contribution in [1.29, 1.82) is 0 Å². The zero-order chi connectivity index (χ0) is 13.6. The first-order valence-electron chi connectivity index (χ1n) is 6.12. The third-order valence-electron chi connectivity index (χ3n) is 2.07. The summed E-state index contributed by atoms with van der Waals surface area (Å²) >= 11 is 1.63. The Kier molecular flexibility index (Phi) is 5.54. The Bertz CT molecular complexity index is 373. The highest BCUT2D eigenvalue weighted by Crippen LogP contribution is 2.23. The lowest BCUT2D eigenvalue weighted by Gasteiger charge is -2.22. The summed E-state index contributed by atoms with van der Waals surface area (Å²) in [7, 11) is 0. The molecule has 0 aliphatic rings. The number of amides is 1. The second kappa shape index (κ2) is 6.69. The van der Waals surface area contributed by atoms with Crippen LogP contribution >= 0.6 is 11.8 Å². The number of hydrogen-bond acceptors (Lipinski definition) is 3. The van der Waals surface area contributed by atoms with Gasteiger partial charge in [0.15, 0.2) is 0 Å². The van der Waals surface area contributed by atoms with Crippen LogP contribution in [0, 0.1) is 0 Å². The van der Waals surface area contributed by atoms with Gasteiger partial charge in [-0.1, -0.05) is 25.1 Å². The van der Waals surface area contributed by atoms with Crippen LogP contribution in [0.25, 0.3) is 0 Å². The van der Waals surface area contributed by atoms with Crippen LogP contribution < -0.4 is 5.32 Å². The third kappa shape index (κ3) is 5.96. The molecule has 0 aromatic heterocycles. The lowest BCUT2D eigenvalue weighted by atomic mass is 10.2. The van der Waals surface area contributed by atoms with E-state index in [4.69, 9.17) is 4.74 Å². The van der Waals surface area contributed by atoms with Crippen molar-refractivity contribution in [2.75, 3.05) is 0 Å². The first-order chi connectivity index (χ1) is 8.40. The van der Waals surface area contributed by atoms with E-state index in [-0.39, 0.29) is 11.5 Å². The van der Waals surface area contributed by atoms with E-state index in [9.17, 15) is 4.79 Å². The van der Waals surface area contributed by atoms with Gasteiger partial charge in [-0.05, 0) is 39.3 Å². The van der Waals surface area contributed by atoms with Crippen LogP contribution in [0.1, 0.15) is 34.1 Å². The fraction of sp³-hybridized carbons (Fsp3) is 0.500. The van der Waals surface area contributed by atoms with Crippen molar-refractivity contribution in [3.63, 3.8) is 0 Å². The van der Waals surface area contributed by atoms with Gasteiger partial charge in [-0.25, -0.2) is 4.79 Å². The molecule has 1 aromatic rings. The topological polar surface area (TPSA) is 38.3 Å². The summed E-state index contributed by atoms with van der Waals surface area (Å²) in [5, 5.41) is 2.90. The number of ether oxygens (including phenoxy) is 1. The number of carbonyl (C=O) groups is 1. The summed E-state index contributed by atoms with van der Waals surface area (Å²) in [6.45, 7) is 7.62. The summed E-state index contributed by atoms with van der Waals surface area (Å²) in [6, 6.07) is 10.0. The van der Waals surface area contributed by atoms with Crippen LogP contribution in [0.2, 0.25) is 0 Å². The van der Waals surface area contributed by atoms with Crippen molar-refractivity contribution in [2.45, 2.75) is 50.0 Å². The Morgan fingerprint density at radius 1 is 1.33 bits per heavy atom. The highest BCUT2D eigenvalue weighted by Gasteiger charge is 2.19. The predicted molar refractivity (Wildman–Crippen MR) is 75.7 cm³/mol. The molecule has 0 aliphatic carbocycles. The fourth-order valence-electron chi connectivity index (χ4n) is 1.32. The van der Waals surface area contributed by atoms with Crippen LogP contribution in [-0.4, -0.2) is 17.1 Å². The number of benzene rings is 1. The Morgan fingerprint density at radius 2 is 1.94 bits per heavy atom. The maximum Gasteiger partial charge on any atom is 0.408 e. The van der Waals surface area contributed by atoms with Crippen molar-refractivity contribution in [3.8, 4) is 0 Å². The Hall–Kier alpha value is -1.16. The number of alkyl carbamates (subject to hydrolysis) is 1. The molecule has 1 amide bonds. The maximum atomic E-state index is 11.7. The van der Waals surface area contributed by atoms with Gasteiger partial charge in [-0.3, -0.25) is 0 Å². The number of carbonyl (C=O) groups excluding carboxylic acids is 1. The molecular formula is C14H21NO2S. The van der Waals surface area contributed by atoms with E-state index in [2.05, 4.69) is 5.32 Å². The standard InChI is InChI=1S/C14H21NO2S/c1-5-12(15-13(16)17-14(2,3)4)18-11-9-7-6-8-10-11/h6-10,12H,5H2,1-4H3,(H,15,16)/t12-/m1/s1. The summed E-state index contributed by atoms with van der Waals surface area (Å²) in [4.78, 5) is 12.8. The van der Waals surface area contributed by atoms with Crippen LogP contribution in [0.4, 0.5) is 4.79 Å². The Labute approximate surface area is 113 Å². The monoisotopic (exact) mass is 267 g/mol. The molecule has 0 radical (unpaired) electrons. The molecule has 100 valence electrons. The van der Waals surface area contributed by atoms with Gasteiger partial charge in [0.05, 0.1) is 5.37 Å². The van der Waals surface area contributed by atoms with Crippen molar-refractivity contribution in [3.05, 3.63) is 30.3 Å². The highest BCUT2D eigenvalue weighted by atomic mass is 32.2. The zero-order valence-electron chi connectivity index (χ0n) is 11.4. The molecule has 3 nitrogen and oxygen atoms in total. The Morgan fingerprint density at radius 3 is 2.44 bits per heavy atom. The minimum absolute atomic E-state index is 0.0299. The van der Waals surface area contributed by atoms with Gasteiger partial charge in [0.1, 0.15) is 5.60 Å². The smallest absolute Gasteiger partial charge is 0.408 e. The molecule has 0 aliphatic heterocycles. The second-order valence-electron chi connectivity index (χ2n) is 4.97. The van der Waals surface area contributed by atoms with Gasteiger partial charge >= 0.3 is 6.09 Å². The third-order valence-corrected chi connectivity index (χ3v) is 3.35. The number of nitrogens with one attached hydrogen (secondary N) is 1. The van der Waals surface area contributed by atoms with Crippen LogP contribution in [0.15, 0.2) is 35.2 Å². The lowest BCUT2D eigenvalue weighted by molar-refractivity contribution is 0.0521. The van der Waals surface area contributed by atoms with Crippen LogP contribution in [0.5, 0.6) is 0 Å². The average Bonchev–Trinajstić information content (AvgIpc) is 2.27. The van der Waals surface area contributed by atoms with Crippen molar-refractivity contribution >= 4 is 17.9 Å². The summed E-state index contributed by atoms with van der Waals surface area (Å²) in [6.07, 6.45) is 0.483. The summed E-state index contributed by atoms with van der Waals surface area (Å²) < 4.78 is 5.24. The van der Waals surface area contributed by atoms with E-state index in [1.165, 1.54) is 0 Å². The van der Waals surface area contributed by atoms with Crippen molar-refractivity contribution < 1.29 is 9.53 Å². The SMILES string of the molecule is CC[C@H](NC(=O)OC(C)(C)C)Sc1ccccc1. The largest absolute Gasteiger partial charge is 0.444 e. The maximum absolute atomic E-state index is 11.7. The van der Waals surface area contributed by atoms with Gasteiger partial charge in [0.25, 0.3) is 0 Å². The average molecular weight is 267 g/mol. The molecule has 0 heterocycles. The normalized spacial score (nSPS) is 12.9. The van der Waals surface area contributed by atoms with E-state index in [0.717, 1.165) is 11.3 Å². The fourth-order valence-corrected chi connectivity index (χ4v) is 2.28. The first-order valence-corrected chi connectivity index (χ1v) is 7.00. The minimum Gasteiger partial charge on any atom is -0.444 e. The lowest BCUT2D eigenvalue weighted by Crippen LogP contribution is -2.37. The summed E-state index contributed by atoms with van der Waals surface area (Å²) in [5.41, 5.74) is -0.459. The van der Waals surface area contributed by atoms with Crippen LogP contribution in [0.3, 0.4) is 0 Å². The Balaban J connectivity index is 2.50. The van der Waals surface area contributed by atoms with Gasteiger partial charge in [0.2, 0.25) is 0 Å². The molecule has 1 N–H and O–H groups in total.